The van der Waals surface area contributed by atoms with Gasteiger partial charge in [0.1, 0.15) is 5.75 Å². The summed E-state index contributed by atoms with van der Waals surface area (Å²) < 4.78 is 1.81. The molecule has 4 heteroatoms. The molecule has 0 aliphatic rings. The molecule has 2 rings (SSSR count). The van der Waals surface area contributed by atoms with Crippen molar-refractivity contribution >= 4 is 16.7 Å². The lowest BCUT2D eigenvalue weighted by Gasteiger charge is -2.03. The van der Waals surface area contributed by atoms with E-state index in [9.17, 15) is 9.90 Å². The molecule has 0 saturated carbocycles. The second-order valence-corrected chi connectivity index (χ2v) is 4.15. The van der Waals surface area contributed by atoms with Gasteiger partial charge >= 0.3 is 0 Å². The summed E-state index contributed by atoms with van der Waals surface area (Å²) in [7, 11) is 1.83. The Labute approximate surface area is 99.7 Å². The predicted octanol–water partition coefficient (Wildman–Crippen LogP) is 1.81. The van der Waals surface area contributed by atoms with Crippen molar-refractivity contribution in [2.45, 2.75) is 12.8 Å². The number of nitrogens with zero attached hydrogens (tertiary/aromatic N) is 1. The van der Waals surface area contributed by atoms with Gasteiger partial charge in [-0.15, -0.1) is 0 Å². The van der Waals surface area contributed by atoms with Gasteiger partial charge in [-0.3, -0.25) is 4.79 Å². The number of nitrogens with two attached hydrogens (primary N) is 1. The van der Waals surface area contributed by atoms with Crippen LogP contribution >= 0.6 is 0 Å². The van der Waals surface area contributed by atoms with Crippen LogP contribution in [0.4, 0.5) is 0 Å². The van der Waals surface area contributed by atoms with Crippen LogP contribution < -0.4 is 5.73 Å². The third-order valence-electron chi connectivity index (χ3n) is 2.92. The van der Waals surface area contributed by atoms with Crippen molar-refractivity contribution in [2.24, 2.45) is 12.8 Å². The SMILES string of the molecule is Cn1c(C(=O)CCCN)cc2ccc(O)cc21. The average Bonchev–Trinajstić information content (AvgIpc) is 2.64. The quantitative estimate of drug-likeness (QED) is 0.790. The third kappa shape index (κ3) is 2.17. The van der Waals surface area contributed by atoms with E-state index in [1.54, 1.807) is 12.1 Å². The third-order valence-corrected chi connectivity index (χ3v) is 2.92. The lowest BCUT2D eigenvalue weighted by atomic mass is 10.1. The number of Topliss-reactive ketones (excluding diaryl/α,β-unsaturated/α-hetero) is 1. The van der Waals surface area contributed by atoms with Crippen molar-refractivity contribution in [1.82, 2.24) is 4.57 Å². The van der Waals surface area contributed by atoms with E-state index in [0.29, 0.717) is 25.1 Å². The van der Waals surface area contributed by atoms with E-state index >= 15 is 0 Å². The summed E-state index contributed by atoms with van der Waals surface area (Å²) in [5.74, 6) is 0.299. The predicted molar refractivity (Wildman–Crippen MR) is 67.2 cm³/mol. The number of fused-ring (bicyclic) bond motifs is 1. The molecule has 1 heterocycles. The van der Waals surface area contributed by atoms with Crippen LogP contribution in [0.2, 0.25) is 0 Å². The summed E-state index contributed by atoms with van der Waals surface area (Å²) in [6.07, 6.45) is 1.16. The van der Waals surface area contributed by atoms with E-state index in [4.69, 9.17) is 5.73 Å². The smallest absolute Gasteiger partial charge is 0.179 e. The van der Waals surface area contributed by atoms with Crippen LogP contribution in [0.3, 0.4) is 0 Å². The zero-order valence-electron chi connectivity index (χ0n) is 9.81. The fourth-order valence-corrected chi connectivity index (χ4v) is 1.98. The van der Waals surface area contributed by atoms with Crippen LogP contribution in [0.1, 0.15) is 23.3 Å². The zero-order chi connectivity index (χ0) is 12.4. The van der Waals surface area contributed by atoms with Crippen LogP contribution in [0.25, 0.3) is 10.9 Å². The highest BCUT2D eigenvalue weighted by Crippen LogP contribution is 2.23. The minimum absolute atomic E-state index is 0.0913. The number of carbonyl (C=O) groups excluding carboxylic acids is 1. The minimum Gasteiger partial charge on any atom is -0.508 e. The molecular formula is C13H16N2O2. The van der Waals surface area contributed by atoms with Gasteiger partial charge in [-0.1, -0.05) is 0 Å². The minimum atomic E-state index is 0.0913. The van der Waals surface area contributed by atoms with E-state index in [1.807, 2.05) is 23.7 Å². The van der Waals surface area contributed by atoms with Crippen molar-refractivity contribution in [2.75, 3.05) is 6.54 Å². The lowest BCUT2D eigenvalue weighted by molar-refractivity contribution is 0.0973. The molecule has 0 aliphatic heterocycles. The van der Waals surface area contributed by atoms with Crippen LogP contribution in [0.15, 0.2) is 24.3 Å². The second kappa shape index (κ2) is 4.59. The first-order valence-electron chi connectivity index (χ1n) is 5.65. The van der Waals surface area contributed by atoms with Crippen LogP contribution in [-0.2, 0) is 7.05 Å². The van der Waals surface area contributed by atoms with E-state index < -0.39 is 0 Å². The maximum absolute atomic E-state index is 11.9. The Morgan fingerprint density at radius 3 is 2.88 bits per heavy atom. The van der Waals surface area contributed by atoms with Gasteiger partial charge < -0.3 is 15.4 Å². The van der Waals surface area contributed by atoms with E-state index in [0.717, 1.165) is 10.9 Å². The van der Waals surface area contributed by atoms with Crippen molar-refractivity contribution in [1.29, 1.82) is 0 Å². The number of ketones is 1. The highest BCUT2D eigenvalue weighted by Gasteiger charge is 2.12. The van der Waals surface area contributed by atoms with Gasteiger partial charge in [-0.2, -0.15) is 0 Å². The van der Waals surface area contributed by atoms with E-state index in [1.165, 1.54) is 0 Å². The maximum atomic E-state index is 11.9. The Balaban J connectivity index is 2.42. The van der Waals surface area contributed by atoms with Gasteiger partial charge in [0.25, 0.3) is 0 Å². The zero-order valence-corrected chi connectivity index (χ0v) is 9.81. The van der Waals surface area contributed by atoms with Crippen molar-refractivity contribution < 1.29 is 9.90 Å². The number of benzene rings is 1. The fourth-order valence-electron chi connectivity index (χ4n) is 1.98. The van der Waals surface area contributed by atoms with E-state index in [2.05, 4.69) is 0 Å². The fraction of sp³-hybridized carbons (Fsp3) is 0.308. The second-order valence-electron chi connectivity index (χ2n) is 4.15. The van der Waals surface area contributed by atoms with Crippen molar-refractivity contribution in [3.63, 3.8) is 0 Å². The normalized spacial score (nSPS) is 10.9. The molecule has 17 heavy (non-hydrogen) atoms. The highest BCUT2D eigenvalue weighted by atomic mass is 16.3. The van der Waals surface area contributed by atoms with Gasteiger partial charge in [0, 0.05) is 24.9 Å². The summed E-state index contributed by atoms with van der Waals surface area (Å²) in [6, 6.07) is 6.95. The Kier molecular flexibility index (Phi) is 3.15. The number of aryl methyl sites for hydroxylation is 1. The Hall–Kier alpha value is -1.81. The van der Waals surface area contributed by atoms with Crippen molar-refractivity contribution in [3.05, 3.63) is 30.0 Å². The summed E-state index contributed by atoms with van der Waals surface area (Å²) in [6.45, 7) is 0.524. The van der Waals surface area contributed by atoms with Gasteiger partial charge in [0.15, 0.2) is 5.78 Å². The Morgan fingerprint density at radius 1 is 1.41 bits per heavy atom. The molecule has 0 bridgehead atoms. The molecule has 0 saturated heterocycles. The summed E-state index contributed by atoms with van der Waals surface area (Å²) in [5.41, 5.74) is 6.92. The topological polar surface area (TPSA) is 68.2 Å². The molecule has 90 valence electrons. The number of hydrogen-bond donors (Lipinski definition) is 2. The summed E-state index contributed by atoms with van der Waals surface area (Å²) in [4.78, 5) is 11.9. The molecule has 0 atom stereocenters. The molecule has 3 N–H and O–H groups in total. The molecule has 0 aliphatic carbocycles. The number of rotatable bonds is 4. The molecule has 1 aromatic heterocycles. The van der Waals surface area contributed by atoms with Gasteiger partial charge in [0.2, 0.25) is 0 Å². The first-order chi connectivity index (χ1) is 8.13. The average molecular weight is 232 g/mol. The molecule has 1 aromatic carbocycles. The van der Waals surface area contributed by atoms with Gasteiger partial charge in [-0.05, 0) is 31.2 Å². The largest absolute Gasteiger partial charge is 0.508 e. The first kappa shape index (κ1) is 11.7. The number of aromatic hydroxyl groups is 1. The maximum Gasteiger partial charge on any atom is 0.179 e. The molecule has 0 unspecified atom stereocenters. The highest BCUT2D eigenvalue weighted by molar-refractivity contribution is 6.00. The van der Waals surface area contributed by atoms with Crippen LogP contribution in [0, 0.1) is 0 Å². The monoisotopic (exact) mass is 232 g/mol. The molecule has 2 aromatic rings. The molecular weight excluding hydrogens is 216 g/mol. The first-order valence-corrected chi connectivity index (χ1v) is 5.65. The molecule has 0 spiro atoms. The van der Waals surface area contributed by atoms with E-state index in [-0.39, 0.29) is 11.5 Å². The molecule has 4 nitrogen and oxygen atoms in total. The number of phenols is 1. The summed E-state index contributed by atoms with van der Waals surface area (Å²) >= 11 is 0. The number of phenolic OH excluding ortho intramolecular Hbond substituents is 1. The standard InChI is InChI=1S/C13H16N2O2/c1-15-11-8-10(16)5-4-9(11)7-12(15)13(17)3-2-6-14/h4-5,7-8,16H,2-3,6,14H2,1H3. The van der Waals surface area contributed by atoms with Gasteiger partial charge in [-0.25, -0.2) is 0 Å². The molecule has 0 fully saturated rings. The van der Waals surface area contributed by atoms with Gasteiger partial charge in [0.05, 0.1) is 11.2 Å². The lowest BCUT2D eigenvalue weighted by Crippen LogP contribution is -2.08. The van der Waals surface area contributed by atoms with Crippen LogP contribution in [0.5, 0.6) is 5.75 Å². The van der Waals surface area contributed by atoms with Crippen molar-refractivity contribution in [3.8, 4) is 5.75 Å². The number of carbonyl (C=O) groups is 1. The summed E-state index contributed by atoms with van der Waals surface area (Å²) in [5, 5.41) is 10.4. The number of aromatic nitrogens is 1. The molecule has 0 radical (unpaired) electrons. The number of hydrogen-bond acceptors (Lipinski definition) is 3. The van der Waals surface area contributed by atoms with Crippen LogP contribution in [-0.4, -0.2) is 22.0 Å². The molecule has 0 amide bonds. The Bertz CT molecular complexity index is 558. The Morgan fingerprint density at radius 2 is 2.18 bits per heavy atom.